The van der Waals surface area contributed by atoms with E-state index in [1.165, 1.54) is 37.0 Å². The van der Waals surface area contributed by atoms with Crippen molar-refractivity contribution in [1.82, 2.24) is 10.6 Å². The molecule has 0 radical (unpaired) electrons. The first-order chi connectivity index (χ1) is 8.31. The van der Waals surface area contributed by atoms with Crippen LogP contribution in [0.5, 0.6) is 0 Å². The van der Waals surface area contributed by atoms with Gasteiger partial charge in [0.05, 0.1) is 0 Å². The van der Waals surface area contributed by atoms with Crippen molar-refractivity contribution >= 4 is 11.3 Å². The molecular weight excluding hydrogens is 228 g/mol. The molecule has 1 saturated carbocycles. The first-order valence-electron chi connectivity index (χ1n) is 6.88. The van der Waals surface area contributed by atoms with Crippen LogP contribution < -0.4 is 10.6 Å². The van der Waals surface area contributed by atoms with Crippen LogP contribution in [-0.2, 0) is 19.4 Å². The highest BCUT2D eigenvalue weighted by Crippen LogP contribution is 2.30. The van der Waals surface area contributed by atoms with Crippen LogP contribution in [-0.4, -0.2) is 18.6 Å². The average Bonchev–Trinajstić information content (AvgIpc) is 2.91. The van der Waals surface area contributed by atoms with Crippen LogP contribution in [0.25, 0.3) is 0 Å². The molecule has 2 aliphatic carbocycles. The molecule has 17 heavy (non-hydrogen) atoms. The third-order valence-electron chi connectivity index (χ3n) is 3.71. The zero-order chi connectivity index (χ0) is 11.7. The van der Waals surface area contributed by atoms with E-state index in [2.05, 4.69) is 23.6 Å². The molecule has 1 atom stereocenters. The predicted octanol–water partition coefficient (Wildman–Crippen LogP) is 2.47. The van der Waals surface area contributed by atoms with Crippen LogP contribution >= 0.6 is 11.3 Å². The van der Waals surface area contributed by atoms with E-state index >= 15 is 0 Å². The number of fused-ring (bicyclic) bond motifs is 1. The zero-order valence-corrected chi connectivity index (χ0v) is 11.4. The van der Waals surface area contributed by atoms with E-state index in [0.29, 0.717) is 6.04 Å². The van der Waals surface area contributed by atoms with Crippen molar-refractivity contribution in [3.05, 3.63) is 21.4 Å². The Labute approximate surface area is 108 Å². The van der Waals surface area contributed by atoms with Crippen molar-refractivity contribution in [2.24, 2.45) is 0 Å². The van der Waals surface area contributed by atoms with Crippen LogP contribution in [0.15, 0.2) is 6.07 Å². The summed E-state index contributed by atoms with van der Waals surface area (Å²) in [6.07, 6.45) is 6.76. The van der Waals surface area contributed by atoms with Gasteiger partial charge >= 0.3 is 0 Å². The average molecular weight is 250 g/mol. The Hall–Kier alpha value is -0.380. The van der Waals surface area contributed by atoms with Crippen molar-refractivity contribution in [3.8, 4) is 0 Å². The highest BCUT2D eigenvalue weighted by Gasteiger charge is 2.20. The minimum Gasteiger partial charge on any atom is -0.312 e. The Morgan fingerprint density at radius 2 is 2.29 bits per heavy atom. The monoisotopic (exact) mass is 250 g/mol. The molecule has 0 saturated heterocycles. The van der Waals surface area contributed by atoms with Crippen molar-refractivity contribution in [1.29, 1.82) is 0 Å². The minimum atomic E-state index is 0.576. The molecule has 0 aromatic carbocycles. The second kappa shape index (κ2) is 5.09. The Bertz CT molecular complexity index is 360. The molecule has 1 aromatic rings. The zero-order valence-electron chi connectivity index (χ0n) is 10.6. The number of thiophene rings is 1. The molecule has 1 fully saturated rings. The highest BCUT2D eigenvalue weighted by atomic mass is 32.1. The summed E-state index contributed by atoms with van der Waals surface area (Å²) in [4.78, 5) is 3.17. The fraction of sp³-hybridized carbons (Fsp3) is 0.714. The van der Waals surface area contributed by atoms with Gasteiger partial charge in [0.2, 0.25) is 0 Å². The van der Waals surface area contributed by atoms with Gasteiger partial charge in [-0.2, -0.15) is 0 Å². The third-order valence-corrected chi connectivity index (χ3v) is 4.95. The number of nitrogens with one attached hydrogen (secondary N) is 2. The lowest BCUT2D eigenvalue weighted by molar-refractivity contribution is 0.502. The van der Waals surface area contributed by atoms with Crippen LogP contribution in [0.2, 0.25) is 0 Å². The number of aryl methyl sites for hydroxylation is 2. The quantitative estimate of drug-likeness (QED) is 0.810. The third kappa shape index (κ3) is 3.09. The number of hydrogen-bond donors (Lipinski definition) is 2. The van der Waals surface area contributed by atoms with E-state index in [1.54, 1.807) is 10.4 Å². The van der Waals surface area contributed by atoms with Gasteiger partial charge in [-0.3, -0.25) is 0 Å². The summed E-state index contributed by atoms with van der Waals surface area (Å²) in [6.45, 7) is 4.43. The molecule has 0 aliphatic heterocycles. The summed E-state index contributed by atoms with van der Waals surface area (Å²) >= 11 is 2.02. The van der Waals surface area contributed by atoms with Crippen LogP contribution in [0.3, 0.4) is 0 Å². The van der Waals surface area contributed by atoms with Gasteiger partial charge in [-0.05, 0) is 50.7 Å². The summed E-state index contributed by atoms with van der Waals surface area (Å²) in [5.74, 6) is 0. The smallest absolute Gasteiger partial charge is 0.0302 e. The first kappa shape index (κ1) is 11.7. The van der Waals surface area contributed by atoms with Crippen molar-refractivity contribution in [3.63, 3.8) is 0 Å². The first-order valence-corrected chi connectivity index (χ1v) is 7.70. The summed E-state index contributed by atoms with van der Waals surface area (Å²) in [5.41, 5.74) is 1.62. The van der Waals surface area contributed by atoms with Gasteiger partial charge in [0.15, 0.2) is 0 Å². The second-order valence-electron chi connectivity index (χ2n) is 5.48. The van der Waals surface area contributed by atoms with Gasteiger partial charge in [-0.25, -0.2) is 0 Å². The minimum absolute atomic E-state index is 0.576. The molecule has 1 heterocycles. The summed E-state index contributed by atoms with van der Waals surface area (Å²) in [6, 6.07) is 3.82. The Kier molecular flexibility index (Phi) is 3.50. The van der Waals surface area contributed by atoms with Crippen molar-refractivity contribution in [2.45, 2.75) is 57.7 Å². The topological polar surface area (TPSA) is 24.1 Å². The van der Waals surface area contributed by atoms with E-state index in [9.17, 15) is 0 Å². The number of hydrogen-bond acceptors (Lipinski definition) is 3. The molecule has 3 rings (SSSR count). The lowest BCUT2D eigenvalue weighted by Crippen LogP contribution is -2.36. The van der Waals surface area contributed by atoms with E-state index in [-0.39, 0.29) is 0 Å². The van der Waals surface area contributed by atoms with Crippen molar-refractivity contribution in [2.75, 3.05) is 6.54 Å². The molecule has 2 aliphatic rings. The maximum Gasteiger partial charge on any atom is 0.0302 e. The summed E-state index contributed by atoms with van der Waals surface area (Å²) in [7, 11) is 0. The normalized spacial score (nSPS) is 20.5. The highest BCUT2D eigenvalue weighted by molar-refractivity contribution is 7.12. The Morgan fingerprint density at radius 1 is 1.41 bits per heavy atom. The molecule has 2 nitrogen and oxygen atoms in total. The van der Waals surface area contributed by atoms with E-state index in [4.69, 9.17) is 0 Å². The number of rotatable bonds is 6. The molecule has 94 valence electrons. The van der Waals surface area contributed by atoms with Gasteiger partial charge < -0.3 is 10.6 Å². The standard InChI is InChI=1S/C14H22N2S/c1-10(8-16-12-5-6-12)15-9-13-7-11-3-2-4-14(11)17-13/h7,10,12,15-16H,2-6,8-9H2,1H3. The molecule has 0 spiro atoms. The van der Waals surface area contributed by atoms with Crippen LogP contribution in [0.1, 0.15) is 41.5 Å². The molecule has 1 unspecified atom stereocenters. The van der Waals surface area contributed by atoms with E-state index in [1.807, 2.05) is 11.3 Å². The Morgan fingerprint density at radius 3 is 3.06 bits per heavy atom. The second-order valence-corrected chi connectivity index (χ2v) is 6.70. The lowest BCUT2D eigenvalue weighted by atomic mass is 10.2. The van der Waals surface area contributed by atoms with Gasteiger partial charge in [0.1, 0.15) is 0 Å². The predicted molar refractivity (Wildman–Crippen MR) is 73.7 cm³/mol. The molecule has 3 heteroatoms. The molecule has 2 N–H and O–H groups in total. The SMILES string of the molecule is CC(CNC1CC1)NCc1cc2c(s1)CCC2. The largest absolute Gasteiger partial charge is 0.312 e. The molecule has 0 bridgehead atoms. The van der Waals surface area contributed by atoms with Gasteiger partial charge in [0.25, 0.3) is 0 Å². The Balaban J connectivity index is 1.42. The summed E-state index contributed by atoms with van der Waals surface area (Å²) < 4.78 is 0. The van der Waals surface area contributed by atoms with Crippen molar-refractivity contribution < 1.29 is 0 Å². The van der Waals surface area contributed by atoms with Gasteiger partial charge in [-0.15, -0.1) is 11.3 Å². The van der Waals surface area contributed by atoms with Crippen LogP contribution in [0, 0.1) is 0 Å². The van der Waals surface area contributed by atoms with E-state index < -0.39 is 0 Å². The molecule has 1 aromatic heterocycles. The van der Waals surface area contributed by atoms with Gasteiger partial charge in [-0.1, -0.05) is 0 Å². The summed E-state index contributed by atoms with van der Waals surface area (Å²) in [5, 5.41) is 7.19. The lowest BCUT2D eigenvalue weighted by Gasteiger charge is -2.13. The molecular formula is C14H22N2S. The van der Waals surface area contributed by atoms with E-state index in [0.717, 1.165) is 19.1 Å². The van der Waals surface area contributed by atoms with Gasteiger partial charge in [0, 0.05) is 34.9 Å². The van der Waals surface area contributed by atoms with Crippen LogP contribution in [0.4, 0.5) is 0 Å². The maximum absolute atomic E-state index is 3.62. The maximum atomic E-state index is 3.62. The fourth-order valence-corrected chi connectivity index (χ4v) is 3.67. The molecule has 0 amide bonds. The fourth-order valence-electron chi connectivity index (χ4n) is 2.46.